The SMILES string of the molecule is CCn1c(-c2cc3c(s2)CCCC3)n[nH]c1=S. The molecule has 0 atom stereocenters. The summed E-state index contributed by atoms with van der Waals surface area (Å²) in [6.07, 6.45) is 5.11. The van der Waals surface area contributed by atoms with E-state index in [1.807, 2.05) is 11.3 Å². The van der Waals surface area contributed by atoms with E-state index in [1.165, 1.54) is 36.1 Å². The van der Waals surface area contributed by atoms with E-state index in [0.717, 1.165) is 12.4 Å². The minimum atomic E-state index is 0.717. The monoisotopic (exact) mass is 265 g/mol. The molecule has 5 heteroatoms. The highest BCUT2D eigenvalue weighted by Crippen LogP contribution is 2.34. The predicted molar refractivity (Wildman–Crippen MR) is 73.0 cm³/mol. The smallest absolute Gasteiger partial charge is 0.195 e. The fourth-order valence-electron chi connectivity index (χ4n) is 2.40. The van der Waals surface area contributed by atoms with Gasteiger partial charge in [0.15, 0.2) is 10.6 Å². The van der Waals surface area contributed by atoms with Gasteiger partial charge in [0.05, 0.1) is 4.88 Å². The zero-order chi connectivity index (χ0) is 11.8. The van der Waals surface area contributed by atoms with Crippen molar-refractivity contribution in [2.24, 2.45) is 0 Å². The highest BCUT2D eigenvalue weighted by Gasteiger charge is 2.17. The molecule has 2 heterocycles. The van der Waals surface area contributed by atoms with Gasteiger partial charge in [-0.05, 0) is 56.5 Å². The molecular weight excluding hydrogens is 250 g/mol. The fourth-order valence-corrected chi connectivity index (χ4v) is 3.91. The van der Waals surface area contributed by atoms with Crippen LogP contribution in [0.2, 0.25) is 0 Å². The molecule has 1 aliphatic carbocycles. The molecule has 0 bridgehead atoms. The van der Waals surface area contributed by atoms with Crippen molar-refractivity contribution in [3.63, 3.8) is 0 Å². The van der Waals surface area contributed by atoms with Gasteiger partial charge in [0.1, 0.15) is 0 Å². The fraction of sp³-hybridized carbons (Fsp3) is 0.500. The van der Waals surface area contributed by atoms with Gasteiger partial charge in [-0.3, -0.25) is 9.67 Å². The van der Waals surface area contributed by atoms with E-state index in [2.05, 4.69) is 27.8 Å². The van der Waals surface area contributed by atoms with E-state index < -0.39 is 0 Å². The Morgan fingerprint density at radius 2 is 2.29 bits per heavy atom. The lowest BCUT2D eigenvalue weighted by Gasteiger charge is -2.08. The second-order valence-electron chi connectivity index (χ2n) is 4.36. The molecule has 90 valence electrons. The summed E-state index contributed by atoms with van der Waals surface area (Å²) < 4.78 is 2.78. The number of aryl methyl sites for hydroxylation is 2. The van der Waals surface area contributed by atoms with E-state index in [-0.39, 0.29) is 0 Å². The average Bonchev–Trinajstić information content (AvgIpc) is 2.91. The summed E-state index contributed by atoms with van der Waals surface area (Å²) in [6, 6.07) is 2.30. The Morgan fingerprint density at radius 1 is 1.47 bits per heavy atom. The van der Waals surface area contributed by atoms with E-state index in [9.17, 15) is 0 Å². The second-order valence-corrected chi connectivity index (χ2v) is 5.89. The lowest BCUT2D eigenvalue weighted by Crippen LogP contribution is -1.97. The number of thiophene rings is 1. The van der Waals surface area contributed by atoms with Crippen LogP contribution < -0.4 is 0 Å². The molecule has 0 unspecified atom stereocenters. The first-order valence-corrected chi connectivity index (χ1v) is 7.29. The summed E-state index contributed by atoms with van der Waals surface area (Å²) in [5, 5.41) is 7.25. The normalized spacial score (nSPS) is 14.9. The molecule has 2 aromatic rings. The third-order valence-corrected chi connectivity index (χ3v) is 4.84. The van der Waals surface area contributed by atoms with Gasteiger partial charge in [0, 0.05) is 11.4 Å². The van der Waals surface area contributed by atoms with Gasteiger partial charge in [-0.25, -0.2) is 0 Å². The summed E-state index contributed by atoms with van der Waals surface area (Å²) in [5.41, 5.74) is 1.52. The van der Waals surface area contributed by atoms with Crippen LogP contribution in [0.5, 0.6) is 0 Å². The van der Waals surface area contributed by atoms with Crippen LogP contribution >= 0.6 is 23.6 Å². The largest absolute Gasteiger partial charge is 0.300 e. The van der Waals surface area contributed by atoms with Crippen LogP contribution in [0.1, 0.15) is 30.2 Å². The Balaban J connectivity index is 2.09. The molecule has 3 rings (SSSR count). The quantitative estimate of drug-likeness (QED) is 0.842. The van der Waals surface area contributed by atoms with Crippen molar-refractivity contribution in [3.05, 3.63) is 21.3 Å². The minimum absolute atomic E-state index is 0.717. The van der Waals surface area contributed by atoms with Crippen molar-refractivity contribution in [2.45, 2.75) is 39.2 Å². The van der Waals surface area contributed by atoms with Crippen LogP contribution in [0.15, 0.2) is 6.07 Å². The maximum atomic E-state index is 5.23. The van der Waals surface area contributed by atoms with E-state index in [0.29, 0.717) is 4.77 Å². The van der Waals surface area contributed by atoms with Crippen molar-refractivity contribution >= 4 is 23.6 Å². The number of hydrogen-bond donors (Lipinski definition) is 1. The van der Waals surface area contributed by atoms with Crippen LogP contribution in [0.3, 0.4) is 0 Å². The maximum Gasteiger partial charge on any atom is 0.195 e. The molecule has 0 radical (unpaired) electrons. The molecule has 0 fully saturated rings. The Hall–Kier alpha value is -0.940. The molecule has 3 nitrogen and oxygen atoms in total. The zero-order valence-electron chi connectivity index (χ0n) is 9.82. The number of H-pyrrole nitrogens is 1. The summed E-state index contributed by atoms with van der Waals surface area (Å²) in [4.78, 5) is 2.80. The van der Waals surface area contributed by atoms with Gasteiger partial charge < -0.3 is 0 Å². The van der Waals surface area contributed by atoms with Crippen LogP contribution in [0, 0.1) is 4.77 Å². The van der Waals surface area contributed by atoms with Gasteiger partial charge in [-0.15, -0.1) is 11.3 Å². The molecule has 17 heavy (non-hydrogen) atoms. The average molecular weight is 265 g/mol. The molecule has 0 spiro atoms. The molecule has 2 aromatic heterocycles. The maximum absolute atomic E-state index is 5.23. The van der Waals surface area contributed by atoms with Gasteiger partial charge >= 0.3 is 0 Å². The molecule has 1 N–H and O–H groups in total. The third kappa shape index (κ3) is 1.87. The highest BCUT2D eigenvalue weighted by molar-refractivity contribution is 7.71. The van der Waals surface area contributed by atoms with Crippen molar-refractivity contribution in [1.82, 2.24) is 14.8 Å². The summed E-state index contributed by atoms with van der Waals surface area (Å²) in [6.45, 7) is 2.97. The van der Waals surface area contributed by atoms with Crippen molar-refractivity contribution in [3.8, 4) is 10.7 Å². The standard InChI is InChI=1S/C12H15N3S2/c1-2-15-11(13-14-12(15)16)10-7-8-5-3-4-6-9(8)17-10/h7H,2-6H2,1H3,(H,14,16). The van der Waals surface area contributed by atoms with Gasteiger partial charge in [0.2, 0.25) is 0 Å². The number of nitrogens with one attached hydrogen (secondary N) is 1. The molecule has 0 amide bonds. The number of rotatable bonds is 2. The van der Waals surface area contributed by atoms with Gasteiger partial charge in [-0.2, -0.15) is 5.10 Å². The molecule has 1 aliphatic rings. The Kier molecular flexibility index (Phi) is 2.88. The zero-order valence-corrected chi connectivity index (χ0v) is 11.5. The Morgan fingerprint density at radius 3 is 3.06 bits per heavy atom. The Labute approximate surface area is 109 Å². The highest BCUT2D eigenvalue weighted by atomic mass is 32.1. The summed E-state index contributed by atoms with van der Waals surface area (Å²) in [7, 11) is 0. The van der Waals surface area contributed by atoms with E-state index in [4.69, 9.17) is 12.2 Å². The van der Waals surface area contributed by atoms with Crippen LogP contribution in [0.25, 0.3) is 10.7 Å². The van der Waals surface area contributed by atoms with Gasteiger partial charge in [-0.1, -0.05) is 0 Å². The molecular formula is C12H15N3S2. The first kappa shape index (κ1) is 11.2. The van der Waals surface area contributed by atoms with E-state index in [1.54, 1.807) is 4.88 Å². The van der Waals surface area contributed by atoms with Crippen LogP contribution in [-0.4, -0.2) is 14.8 Å². The number of hydrogen-bond acceptors (Lipinski definition) is 3. The topological polar surface area (TPSA) is 33.6 Å². The molecule has 0 aliphatic heterocycles. The van der Waals surface area contributed by atoms with Crippen LogP contribution in [-0.2, 0) is 19.4 Å². The van der Waals surface area contributed by atoms with Crippen molar-refractivity contribution in [1.29, 1.82) is 0 Å². The minimum Gasteiger partial charge on any atom is -0.300 e. The number of fused-ring (bicyclic) bond motifs is 1. The lowest BCUT2D eigenvalue weighted by molar-refractivity contribution is 0.697. The number of nitrogens with zero attached hydrogens (tertiary/aromatic N) is 2. The first-order chi connectivity index (χ1) is 8.29. The first-order valence-electron chi connectivity index (χ1n) is 6.06. The predicted octanol–water partition coefficient (Wildman–Crippen LogP) is 3.57. The van der Waals surface area contributed by atoms with E-state index >= 15 is 0 Å². The lowest BCUT2D eigenvalue weighted by atomic mass is 9.99. The van der Waals surface area contributed by atoms with Crippen LogP contribution in [0.4, 0.5) is 0 Å². The summed E-state index contributed by atoms with van der Waals surface area (Å²) in [5.74, 6) is 0.997. The number of aromatic nitrogens is 3. The van der Waals surface area contributed by atoms with Crippen molar-refractivity contribution in [2.75, 3.05) is 0 Å². The third-order valence-electron chi connectivity index (χ3n) is 3.29. The van der Waals surface area contributed by atoms with Crippen molar-refractivity contribution < 1.29 is 0 Å². The number of aromatic amines is 1. The van der Waals surface area contributed by atoms with Gasteiger partial charge in [0.25, 0.3) is 0 Å². The molecule has 0 aromatic carbocycles. The molecule has 0 saturated heterocycles. The molecule has 0 saturated carbocycles. The second kappa shape index (κ2) is 4.38. The Bertz CT molecular complexity index is 568. The summed E-state index contributed by atoms with van der Waals surface area (Å²) >= 11 is 7.11.